The second-order valence-electron chi connectivity index (χ2n) is 6.26. The van der Waals surface area contributed by atoms with E-state index in [2.05, 4.69) is 0 Å². The van der Waals surface area contributed by atoms with Crippen LogP contribution in [0.15, 0.2) is 42.5 Å². The Morgan fingerprint density at radius 3 is 2.19 bits per heavy atom. The fourth-order valence-electron chi connectivity index (χ4n) is 2.91. The molecule has 0 unspecified atom stereocenters. The number of halogens is 5. The van der Waals surface area contributed by atoms with E-state index >= 15 is 0 Å². The first-order valence-corrected chi connectivity index (χ1v) is 8.32. The maximum atomic E-state index is 13.6. The van der Waals surface area contributed by atoms with Crippen LogP contribution in [0.25, 0.3) is 0 Å². The topological polar surface area (TPSA) is 29.5 Å². The van der Waals surface area contributed by atoms with Crippen molar-refractivity contribution in [3.63, 3.8) is 0 Å². The number of hydrogen-bond acceptors (Lipinski definition) is 2. The predicted octanol–water partition coefficient (Wildman–Crippen LogP) is 4.67. The molecular weight excluding hydrogens is 369 g/mol. The second-order valence-corrected chi connectivity index (χ2v) is 6.26. The molecule has 144 valence electrons. The van der Waals surface area contributed by atoms with Crippen molar-refractivity contribution in [2.45, 2.75) is 25.1 Å². The number of alkyl halides is 3. The molecule has 0 atom stereocenters. The third-order valence-corrected chi connectivity index (χ3v) is 4.38. The summed E-state index contributed by atoms with van der Waals surface area (Å²) >= 11 is 0. The minimum atomic E-state index is -4.45. The molecule has 2 aromatic rings. The summed E-state index contributed by atoms with van der Waals surface area (Å²) in [6, 6.07) is 7.11. The minimum absolute atomic E-state index is 0.0519. The van der Waals surface area contributed by atoms with Crippen LogP contribution in [-0.4, -0.2) is 30.0 Å². The van der Waals surface area contributed by atoms with Crippen LogP contribution in [0.4, 0.5) is 22.0 Å². The largest absolute Gasteiger partial charge is 0.487 e. The summed E-state index contributed by atoms with van der Waals surface area (Å²) < 4.78 is 69.9. The smallest absolute Gasteiger partial charge is 0.416 e. The van der Waals surface area contributed by atoms with Gasteiger partial charge < -0.3 is 9.64 Å². The zero-order valence-corrected chi connectivity index (χ0v) is 14.1. The Hall–Kier alpha value is -2.64. The van der Waals surface area contributed by atoms with E-state index < -0.39 is 23.4 Å². The first-order chi connectivity index (χ1) is 12.7. The van der Waals surface area contributed by atoms with Gasteiger partial charge in [0.2, 0.25) is 0 Å². The molecule has 1 aliphatic heterocycles. The minimum Gasteiger partial charge on any atom is -0.487 e. The Labute approximate surface area is 152 Å². The summed E-state index contributed by atoms with van der Waals surface area (Å²) in [6.07, 6.45) is -3.92. The maximum absolute atomic E-state index is 13.6. The van der Waals surface area contributed by atoms with Crippen LogP contribution in [0.2, 0.25) is 0 Å². The van der Waals surface area contributed by atoms with E-state index in [1.54, 1.807) is 0 Å². The summed E-state index contributed by atoms with van der Waals surface area (Å²) in [5.41, 5.74) is -0.639. The Morgan fingerprint density at radius 1 is 1.00 bits per heavy atom. The lowest BCUT2D eigenvalue weighted by Crippen LogP contribution is -2.41. The summed E-state index contributed by atoms with van der Waals surface area (Å²) in [5, 5.41) is 0. The highest BCUT2D eigenvalue weighted by atomic mass is 19.4. The van der Waals surface area contributed by atoms with Gasteiger partial charge in [-0.3, -0.25) is 4.79 Å². The standard InChI is InChI=1S/C19H16F5NO2/c20-14-5-6-17(16(21)11-14)27-15-7-9-25(10-8-15)18(26)12-1-3-13(4-2-12)19(22,23)24/h1-6,11,15H,7-10H2. The van der Waals surface area contributed by atoms with Gasteiger partial charge in [0.15, 0.2) is 11.6 Å². The van der Waals surface area contributed by atoms with E-state index in [1.807, 2.05) is 0 Å². The summed E-state index contributed by atoms with van der Waals surface area (Å²) in [5.74, 6) is -1.91. The van der Waals surface area contributed by atoms with Crippen molar-refractivity contribution in [1.29, 1.82) is 0 Å². The van der Waals surface area contributed by atoms with Crippen molar-refractivity contribution < 1.29 is 31.5 Å². The highest BCUT2D eigenvalue weighted by Gasteiger charge is 2.31. The number of carbonyl (C=O) groups excluding carboxylic acids is 1. The van der Waals surface area contributed by atoms with E-state index in [1.165, 1.54) is 11.0 Å². The molecule has 0 aliphatic carbocycles. The van der Waals surface area contributed by atoms with E-state index in [-0.39, 0.29) is 23.3 Å². The maximum Gasteiger partial charge on any atom is 0.416 e. The molecule has 0 bridgehead atoms. The van der Waals surface area contributed by atoms with Crippen LogP contribution in [0.1, 0.15) is 28.8 Å². The number of likely N-dealkylation sites (tertiary alicyclic amines) is 1. The molecule has 8 heteroatoms. The van der Waals surface area contributed by atoms with Crippen LogP contribution in [0.5, 0.6) is 5.75 Å². The van der Waals surface area contributed by atoms with Gasteiger partial charge in [-0.05, 0) is 36.4 Å². The van der Waals surface area contributed by atoms with Gasteiger partial charge in [-0.15, -0.1) is 0 Å². The average molecular weight is 385 g/mol. The molecule has 0 N–H and O–H groups in total. The molecular formula is C19H16F5NO2. The lowest BCUT2D eigenvalue weighted by Gasteiger charge is -2.32. The van der Waals surface area contributed by atoms with Crippen molar-refractivity contribution in [3.05, 3.63) is 65.2 Å². The summed E-state index contributed by atoms with van der Waals surface area (Å²) in [7, 11) is 0. The van der Waals surface area contributed by atoms with E-state index in [0.29, 0.717) is 25.9 Å². The Bertz CT molecular complexity index is 812. The molecule has 0 saturated carbocycles. The Kier molecular flexibility index (Phi) is 5.34. The molecule has 2 aromatic carbocycles. The van der Waals surface area contributed by atoms with Crippen molar-refractivity contribution in [2.24, 2.45) is 0 Å². The molecule has 1 heterocycles. The molecule has 3 nitrogen and oxygen atoms in total. The van der Waals surface area contributed by atoms with Crippen LogP contribution in [-0.2, 0) is 6.18 Å². The van der Waals surface area contributed by atoms with Gasteiger partial charge in [0, 0.05) is 37.6 Å². The monoisotopic (exact) mass is 385 g/mol. The average Bonchev–Trinajstić information content (AvgIpc) is 2.63. The number of rotatable bonds is 3. The van der Waals surface area contributed by atoms with Gasteiger partial charge in [-0.25, -0.2) is 8.78 Å². The number of carbonyl (C=O) groups is 1. The molecule has 0 radical (unpaired) electrons. The van der Waals surface area contributed by atoms with Gasteiger partial charge in [0.05, 0.1) is 5.56 Å². The molecule has 1 aliphatic rings. The predicted molar refractivity (Wildman–Crippen MR) is 87.4 cm³/mol. The van der Waals surface area contributed by atoms with Crippen LogP contribution in [0.3, 0.4) is 0 Å². The fraction of sp³-hybridized carbons (Fsp3) is 0.316. The summed E-state index contributed by atoms with van der Waals surface area (Å²) in [4.78, 5) is 13.9. The van der Waals surface area contributed by atoms with Gasteiger partial charge in [0.25, 0.3) is 5.91 Å². The van der Waals surface area contributed by atoms with Crippen LogP contribution >= 0.6 is 0 Å². The van der Waals surface area contributed by atoms with Crippen molar-refractivity contribution in [2.75, 3.05) is 13.1 Å². The zero-order chi connectivity index (χ0) is 19.6. The zero-order valence-electron chi connectivity index (χ0n) is 14.1. The normalized spacial score (nSPS) is 15.7. The first-order valence-electron chi connectivity index (χ1n) is 8.32. The third kappa shape index (κ3) is 4.56. The second kappa shape index (κ2) is 7.54. The SMILES string of the molecule is O=C(c1ccc(C(F)(F)F)cc1)N1CCC(Oc2ccc(F)cc2F)CC1. The molecule has 27 heavy (non-hydrogen) atoms. The van der Waals surface area contributed by atoms with Gasteiger partial charge in [0.1, 0.15) is 11.9 Å². The molecule has 1 amide bonds. The number of hydrogen-bond donors (Lipinski definition) is 0. The van der Waals surface area contributed by atoms with Crippen molar-refractivity contribution >= 4 is 5.91 Å². The van der Waals surface area contributed by atoms with Gasteiger partial charge in [-0.2, -0.15) is 13.2 Å². The molecule has 1 fully saturated rings. The molecule has 0 spiro atoms. The molecule has 0 aromatic heterocycles. The lowest BCUT2D eigenvalue weighted by atomic mass is 10.1. The number of benzene rings is 2. The summed E-state index contributed by atoms with van der Waals surface area (Å²) in [6.45, 7) is 0.653. The van der Waals surface area contributed by atoms with Gasteiger partial charge >= 0.3 is 6.18 Å². The van der Waals surface area contributed by atoms with Crippen molar-refractivity contribution in [3.8, 4) is 5.75 Å². The first kappa shape index (κ1) is 19.1. The van der Waals surface area contributed by atoms with Gasteiger partial charge in [-0.1, -0.05) is 0 Å². The van der Waals surface area contributed by atoms with Crippen LogP contribution in [0, 0.1) is 11.6 Å². The Morgan fingerprint density at radius 2 is 1.63 bits per heavy atom. The van der Waals surface area contributed by atoms with E-state index in [9.17, 15) is 26.7 Å². The quantitative estimate of drug-likeness (QED) is 0.719. The number of nitrogens with zero attached hydrogens (tertiary/aromatic N) is 1. The van der Waals surface area contributed by atoms with E-state index in [0.717, 1.165) is 36.4 Å². The van der Waals surface area contributed by atoms with E-state index in [4.69, 9.17) is 4.74 Å². The highest BCUT2D eigenvalue weighted by molar-refractivity contribution is 5.94. The third-order valence-electron chi connectivity index (χ3n) is 4.38. The number of amides is 1. The Balaban J connectivity index is 1.57. The molecule has 1 saturated heterocycles. The number of ether oxygens (including phenoxy) is 1. The number of piperidine rings is 1. The van der Waals surface area contributed by atoms with Crippen LogP contribution < -0.4 is 4.74 Å². The fourth-order valence-corrected chi connectivity index (χ4v) is 2.91. The molecule has 3 rings (SSSR count). The lowest BCUT2D eigenvalue weighted by molar-refractivity contribution is -0.137. The van der Waals surface area contributed by atoms with Crippen molar-refractivity contribution in [1.82, 2.24) is 4.90 Å². The highest BCUT2D eigenvalue weighted by Crippen LogP contribution is 2.29.